The first-order chi connectivity index (χ1) is 9.24. The summed E-state index contributed by atoms with van der Waals surface area (Å²) in [5.74, 6) is 0. The highest BCUT2D eigenvalue weighted by atomic mass is 16.6. The van der Waals surface area contributed by atoms with Crippen LogP contribution in [0.25, 0.3) is 0 Å². The molecule has 0 aliphatic carbocycles. The van der Waals surface area contributed by atoms with Crippen LogP contribution in [0.4, 0.5) is 10.5 Å². The number of benzene rings is 1. The minimum absolute atomic E-state index is 0.294. The van der Waals surface area contributed by atoms with Crippen LogP contribution >= 0.6 is 0 Å². The van der Waals surface area contributed by atoms with Crippen LogP contribution in [0.1, 0.15) is 18.4 Å². The first kappa shape index (κ1) is 12.4. The van der Waals surface area contributed by atoms with Gasteiger partial charge in [-0.05, 0) is 11.6 Å². The van der Waals surface area contributed by atoms with Crippen LogP contribution < -0.4 is 10.6 Å². The van der Waals surface area contributed by atoms with E-state index in [-0.39, 0.29) is 6.09 Å². The number of anilines is 1. The average Bonchev–Trinajstić information content (AvgIpc) is 2.87. The van der Waals surface area contributed by atoms with E-state index in [1.165, 1.54) is 0 Å². The molecule has 1 unspecified atom stereocenters. The second-order valence-electron chi connectivity index (χ2n) is 5.09. The molecule has 19 heavy (non-hydrogen) atoms. The van der Waals surface area contributed by atoms with Crippen molar-refractivity contribution in [3.63, 3.8) is 0 Å². The fraction of sp³-hybridized carbons (Fsp3) is 0.500. The van der Waals surface area contributed by atoms with E-state index in [2.05, 4.69) is 0 Å². The Morgan fingerprint density at radius 2 is 2.16 bits per heavy atom. The Morgan fingerprint density at radius 3 is 2.84 bits per heavy atom. The Bertz CT molecular complexity index is 483. The molecule has 1 aromatic rings. The molecule has 2 N–H and O–H groups in total. The molecule has 5 heteroatoms. The molecule has 1 aromatic carbocycles. The van der Waals surface area contributed by atoms with Crippen molar-refractivity contribution < 1.29 is 14.3 Å². The monoisotopic (exact) mass is 262 g/mol. The molecule has 1 atom stereocenters. The number of para-hydroxylation sites is 1. The summed E-state index contributed by atoms with van der Waals surface area (Å²) in [4.78, 5) is 13.9. The maximum absolute atomic E-state index is 12.2. The van der Waals surface area contributed by atoms with E-state index in [4.69, 9.17) is 15.2 Å². The Balaban J connectivity index is 1.82. The SMILES string of the molecule is NCc1ccccc1N1CCC2(CCOC2)OC1=O. The third-order valence-electron chi connectivity index (χ3n) is 3.88. The molecule has 2 fully saturated rings. The van der Waals surface area contributed by atoms with Gasteiger partial charge in [0.1, 0.15) is 5.60 Å². The lowest BCUT2D eigenvalue weighted by atomic mass is 9.96. The third-order valence-corrected chi connectivity index (χ3v) is 3.88. The Labute approximate surface area is 112 Å². The number of hydrogen-bond acceptors (Lipinski definition) is 4. The number of amides is 1. The first-order valence-corrected chi connectivity index (χ1v) is 6.60. The lowest BCUT2D eigenvalue weighted by Crippen LogP contribution is -2.50. The summed E-state index contributed by atoms with van der Waals surface area (Å²) in [6, 6.07) is 7.68. The van der Waals surface area contributed by atoms with Gasteiger partial charge in [0.05, 0.1) is 18.9 Å². The van der Waals surface area contributed by atoms with E-state index in [1.807, 2.05) is 24.3 Å². The quantitative estimate of drug-likeness (QED) is 0.880. The Hall–Kier alpha value is -1.59. The molecule has 0 bridgehead atoms. The molecule has 0 radical (unpaired) electrons. The van der Waals surface area contributed by atoms with Crippen LogP contribution in [-0.2, 0) is 16.0 Å². The standard InChI is InChI=1S/C14H18N2O3/c15-9-11-3-1-2-4-12(11)16-7-5-14(19-13(16)17)6-8-18-10-14/h1-4H,5-10,15H2. The average molecular weight is 262 g/mol. The minimum atomic E-state index is -0.398. The summed E-state index contributed by atoms with van der Waals surface area (Å²) in [6.45, 7) is 2.26. The van der Waals surface area contributed by atoms with Crippen LogP contribution in [0, 0.1) is 0 Å². The minimum Gasteiger partial charge on any atom is -0.440 e. The van der Waals surface area contributed by atoms with Crippen molar-refractivity contribution in [3.05, 3.63) is 29.8 Å². The van der Waals surface area contributed by atoms with Gasteiger partial charge in [-0.3, -0.25) is 4.90 Å². The normalized spacial score (nSPS) is 26.8. The Kier molecular flexibility index (Phi) is 3.16. The number of carbonyl (C=O) groups excluding carboxylic acids is 1. The zero-order valence-corrected chi connectivity index (χ0v) is 10.8. The summed E-state index contributed by atoms with van der Waals surface area (Å²) < 4.78 is 11.0. The lowest BCUT2D eigenvalue weighted by Gasteiger charge is -2.38. The topological polar surface area (TPSA) is 64.8 Å². The fourth-order valence-corrected chi connectivity index (χ4v) is 2.73. The van der Waals surface area contributed by atoms with Gasteiger partial charge in [0.15, 0.2) is 0 Å². The van der Waals surface area contributed by atoms with Crippen molar-refractivity contribution in [1.29, 1.82) is 0 Å². The van der Waals surface area contributed by atoms with Gasteiger partial charge in [0, 0.05) is 25.9 Å². The van der Waals surface area contributed by atoms with Gasteiger partial charge in [0.2, 0.25) is 0 Å². The molecule has 102 valence electrons. The van der Waals surface area contributed by atoms with Gasteiger partial charge >= 0.3 is 6.09 Å². The molecule has 3 rings (SSSR count). The molecule has 0 saturated carbocycles. The van der Waals surface area contributed by atoms with Gasteiger partial charge in [-0.15, -0.1) is 0 Å². The number of nitrogens with zero attached hydrogens (tertiary/aromatic N) is 1. The van der Waals surface area contributed by atoms with Gasteiger partial charge in [-0.25, -0.2) is 4.79 Å². The van der Waals surface area contributed by atoms with Crippen molar-refractivity contribution in [1.82, 2.24) is 0 Å². The first-order valence-electron chi connectivity index (χ1n) is 6.60. The summed E-state index contributed by atoms with van der Waals surface area (Å²) >= 11 is 0. The number of hydrogen-bond donors (Lipinski definition) is 1. The molecular formula is C14H18N2O3. The number of nitrogens with two attached hydrogens (primary N) is 1. The maximum atomic E-state index is 12.2. The molecule has 1 spiro atoms. The number of carbonyl (C=O) groups is 1. The summed E-state index contributed by atoms with van der Waals surface area (Å²) in [5, 5.41) is 0. The lowest BCUT2D eigenvalue weighted by molar-refractivity contribution is -0.0111. The predicted molar refractivity (Wildman–Crippen MR) is 70.9 cm³/mol. The van der Waals surface area contributed by atoms with E-state index < -0.39 is 5.60 Å². The molecule has 1 amide bonds. The zero-order chi connectivity index (χ0) is 13.3. The van der Waals surface area contributed by atoms with Crippen LogP contribution in [-0.4, -0.2) is 31.5 Å². The number of rotatable bonds is 2. The van der Waals surface area contributed by atoms with Crippen LogP contribution in [0.5, 0.6) is 0 Å². The largest absolute Gasteiger partial charge is 0.440 e. The molecule has 5 nitrogen and oxygen atoms in total. The molecule has 0 aromatic heterocycles. The van der Waals surface area contributed by atoms with E-state index >= 15 is 0 Å². The van der Waals surface area contributed by atoms with Gasteiger partial charge in [-0.2, -0.15) is 0 Å². The van der Waals surface area contributed by atoms with Gasteiger partial charge < -0.3 is 15.2 Å². The van der Waals surface area contributed by atoms with Crippen molar-refractivity contribution >= 4 is 11.8 Å². The third kappa shape index (κ3) is 2.19. The van der Waals surface area contributed by atoms with E-state index in [1.54, 1.807) is 4.90 Å². The van der Waals surface area contributed by atoms with Crippen LogP contribution in [0.3, 0.4) is 0 Å². The maximum Gasteiger partial charge on any atom is 0.414 e. The van der Waals surface area contributed by atoms with Crippen LogP contribution in [0.15, 0.2) is 24.3 Å². The number of ether oxygens (including phenoxy) is 2. The van der Waals surface area contributed by atoms with Crippen molar-refractivity contribution in [2.75, 3.05) is 24.7 Å². The van der Waals surface area contributed by atoms with Gasteiger partial charge in [-0.1, -0.05) is 18.2 Å². The molecule has 2 aliphatic heterocycles. The van der Waals surface area contributed by atoms with Gasteiger partial charge in [0.25, 0.3) is 0 Å². The van der Waals surface area contributed by atoms with E-state index in [0.29, 0.717) is 26.3 Å². The summed E-state index contributed by atoms with van der Waals surface area (Å²) in [6.07, 6.45) is 1.31. The smallest absolute Gasteiger partial charge is 0.414 e. The van der Waals surface area contributed by atoms with Crippen LogP contribution in [0.2, 0.25) is 0 Å². The fourth-order valence-electron chi connectivity index (χ4n) is 2.73. The molecule has 2 heterocycles. The van der Waals surface area contributed by atoms with Crippen molar-refractivity contribution in [3.8, 4) is 0 Å². The second-order valence-corrected chi connectivity index (χ2v) is 5.09. The highest BCUT2D eigenvalue weighted by Crippen LogP contribution is 2.34. The molecular weight excluding hydrogens is 244 g/mol. The second kappa shape index (κ2) is 4.83. The highest BCUT2D eigenvalue weighted by Gasteiger charge is 2.44. The molecule has 2 aliphatic rings. The highest BCUT2D eigenvalue weighted by molar-refractivity contribution is 5.89. The van der Waals surface area contributed by atoms with Crippen molar-refractivity contribution in [2.45, 2.75) is 25.0 Å². The van der Waals surface area contributed by atoms with E-state index in [9.17, 15) is 4.79 Å². The van der Waals surface area contributed by atoms with Crippen molar-refractivity contribution in [2.24, 2.45) is 5.73 Å². The zero-order valence-electron chi connectivity index (χ0n) is 10.8. The van der Waals surface area contributed by atoms with E-state index in [0.717, 1.165) is 24.1 Å². The predicted octanol–water partition coefficient (Wildman–Crippen LogP) is 1.65. The molecule has 2 saturated heterocycles. The Morgan fingerprint density at radius 1 is 1.32 bits per heavy atom. The summed E-state index contributed by atoms with van der Waals surface area (Å²) in [7, 11) is 0. The summed E-state index contributed by atoms with van der Waals surface area (Å²) in [5.41, 5.74) is 7.13.